The molecule has 3 aromatic rings. The number of nitrogens with one attached hydrogen (secondary N) is 2. The number of anilines is 3. The Balaban J connectivity index is 1.49. The Morgan fingerprint density at radius 2 is 1.88 bits per heavy atom. The number of aryl methyl sites for hydroxylation is 1. The molecule has 2 aliphatic rings. The number of nitrogens with two attached hydrogens (primary N) is 2. The number of carbonyl (C=O) groups excluding carboxylic acids is 1. The maximum Gasteiger partial charge on any atom is 0.238 e. The van der Waals surface area contributed by atoms with Crippen LogP contribution in [-0.2, 0) is 14.8 Å². The molecule has 1 amide bonds. The van der Waals surface area contributed by atoms with Gasteiger partial charge in [0, 0.05) is 11.7 Å². The van der Waals surface area contributed by atoms with E-state index in [-0.39, 0.29) is 34.6 Å². The number of carbonyl (C=O) groups is 1. The van der Waals surface area contributed by atoms with E-state index in [0.717, 1.165) is 22.2 Å². The molecule has 0 aliphatic heterocycles. The number of hydrogen-bond donors (Lipinski definition) is 4. The molecule has 0 radical (unpaired) electrons. The highest BCUT2D eigenvalue weighted by Crippen LogP contribution is 2.45. The highest BCUT2D eigenvalue weighted by atomic mass is 32.2. The molecule has 4 atom stereocenters. The normalized spacial score (nSPS) is 24.2. The molecular weight excluding hydrogens is 448 g/mol. The fraction of sp³-hybridized carbons (Fsp3) is 0.286. The lowest BCUT2D eigenvalue weighted by molar-refractivity contribution is -0.122. The SMILES string of the molecule is Cc1csc2c(NC3C4C=CC(C4)C3C(N)=O)nc(Nc3ccc(S(N)(=O)=O)cc3)nc12. The number of primary amides is 1. The average molecular weight is 471 g/mol. The Kier molecular flexibility index (Phi) is 4.91. The number of thiophene rings is 1. The summed E-state index contributed by atoms with van der Waals surface area (Å²) in [5, 5.41) is 13.8. The summed E-state index contributed by atoms with van der Waals surface area (Å²) in [5.74, 6) is 0.810. The van der Waals surface area contributed by atoms with Crippen LogP contribution in [0.25, 0.3) is 10.2 Å². The molecule has 166 valence electrons. The van der Waals surface area contributed by atoms with Crippen LogP contribution in [0, 0.1) is 24.7 Å². The molecule has 1 fully saturated rings. The van der Waals surface area contributed by atoms with Crippen LogP contribution in [0.2, 0.25) is 0 Å². The van der Waals surface area contributed by atoms with Gasteiger partial charge < -0.3 is 16.4 Å². The van der Waals surface area contributed by atoms with Crippen LogP contribution in [0.4, 0.5) is 17.5 Å². The molecule has 1 aromatic carbocycles. The number of aromatic nitrogens is 2. The summed E-state index contributed by atoms with van der Waals surface area (Å²) in [4.78, 5) is 21.5. The summed E-state index contributed by atoms with van der Waals surface area (Å²) in [7, 11) is -3.77. The van der Waals surface area contributed by atoms with Crippen molar-refractivity contribution in [3.05, 3.63) is 47.4 Å². The third-order valence-electron chi connectivity index (χ3n) is 6.12. The first-order valence-corrected chi connectivity index (χ1v) is 12.5. The Hall–Kier alpha value is -3.02. The zero-order valence-corrected chi connectivity index (χ0v) is 18.8. The molecule has 6 N–H and O–H groups in total. The minimum absolute atomic E-state index is 0.0253. The molecule has 2 aliphatic carbocycles. The second kappa shape index (κ2) is 7.54. The highest BCUT2D eigenvalue weighted by molar-refractivity contribution is 7.89. The van der Waals surface area contributed by atoms with Gasteiger partial charge in [-0.2, -0.15) is 4.98 Å². The van der Waals surface area contributed by atoms with E-state index >= 15 is 0 Å². The van der Waals surface area contributed by atoms with Gasteiger partial charge in [0.1, 0.15) is 5.82 Å². The molecule has 4 unspecified atom stereocenters. The van der Waals surface area contributed by atoms with E-state index in [1.807, 2.05) is 12.3 Å². The van der Waals surface area contributed by atoms with Crippen LogP contribution in [-0.4, -0.2) is 30.3 Å². The largest absolute Gasteiger partial charge is 0.369 e. The molecule has 2 aromatic heterocycles. The first-order valence-electron chi connectivity index (χ1n) is 10.1. The fourth-order valence-electron chi connectivity index (χ4n) is 4.61. The Labute approximate surface area is 189 Å². The third-order valence-corrected chi connectivity index (χ3v) is 8.15. The lowest BCUT2D eigenvalue weighted by Gasteiger charge is -2.27. The number of allylic oxidation sites excluding steroid dienone is 1. The number of primary sulfonamides is 1. The summed E-state index contributed by atoms with van der Waals surface area (Å²) >= 11 is 1.54. The van der Waals surface area contributed by atoms with Crippen molar-refractivity contribution in [1.29, 1.82) is 0 Å². The number of rotatable bonds is 6. The summed E-state index contributed by atoms with van der Waals surface area (Å²) in [6.45, 7) is 1.98. The van der Waals surface area contributed by atoms with Gasteiger partial charge in [-0.05, 0) is 60.4 Å². The quantitative estimate of drug-likeness (QED) is 0.404. The number of hydrogen-bond acceptors (Lipinski definition) is 8. The molecule has 0 spiro atoms. The Bertz CT molecular complexity index is 1350. The molecule has 2 bridgehead atoms. The van der Waals surface area contributed by atoms with Crippen molar-refractivity contribution in [2.75, 3.05) is 10.6 Å². The van der Waals surface area contributed by atoms with Crippen molar-refractivity contribution >= 4 is 54.9 Å². The van der Waals surface area contributed by atoms with Crippen molar-refractivity contribution in [2.24, 2.45) is 28.6 Å². The van der Waals surface area contributed by atoms with Crippen molar-refractivity contribution in [3.8, 4) is 0 Å². The summed E-state index contributed by atoms with van der Waals surface area (Å²) in [5.41, 5.74) is 8.16. The van der Waals surface area contributed by atoms with E-state index in [0.29, 0.717) is 17.5 Å². The van der Waals surface area contributed by atoms with E-state index < -0.39 is 10.0 Å². The van der Waals surface area contributed by atoms with Gasteiger partial charge in [0.25, 0.3) is 0 Å². The van der Waals surface area contributed by atoms with E-state index in [1.54, 1.807) is 23.5 Å². The van der Waals surface area contributed by atoms with Crippen molar-refractivity contribution in [3.63, 3.8) is 0 Å². The summed E-state index contributed by atoms with van der Waals surface area (Å²) < 4.78 is 23.9. The minimum atomic E-state index is -3.77. The summed E-state index contributed by atoms with van der Waals surface area (Å²) in [6.07, 6.45) is 5.14. The smallest absolute Gasteiger partial charge is 0.238 e. The number of nitrogens with zero attached hydrogens (tertiary/aromatic N) is 2. The van der Waals surface area contributed by atoms with Gasteiger partial charge in [0.05, 0.1) is 21.0 Å². The van der Waals surface area contributed by atoms with Gasteiger partial charge in [-0.25, -0.2) is 18.5 Å². The maximum absolute atomic E-state index is 12.1. The van der Waals surface area contributed by atoms with Crippen molar-refractivity contribution < 1.29 is 13.2 Å². The Morgan fingerprint density at radius 3 is 2.56 bits per heavy atom. The second-order valence-corrected chi connectivity index (χ2v) is 10.7. The predicted molar refractivity (Wildman–Crippen MR) is 124 cm³/mol. The highest BCUT2D eigenvalue weighted by Gasteiger charge is 2.47. The van der Waals surface area contributed by atoms with Gasteiger partial charge in [-0.1, -0.05) is 12.2 Å². The first-order chi connectivity index (χ1) is 15.2. The van der Waals surface area contributed by atoms with Crippen LogP contribution in [0.3, 0.4) is 0 Å². The van der Waals surface area contributed by atoms with Crippen molar-refractivity contribution in [1.82, 2.24) is 9.97 Å². The number of sulfonamides is 1. The molecule has 11 heteroatoms. The number of fused-ring (bicyclic) bond motifs is 3. The molecule has 9 nitrogen and oxygen atoms in total. The molecule has 5 rings (SSSR count). The van der Waals surface area contributed by atoms with E-state index in [9.17, 15) is 13.2 Å². The van der Waals surface area contributed by atoms with Crippen molar-refractivity contribution in [2.45, 2.75) is 24.3 Å². The second-order valence-electron chi connectivity index (χ2n) is 8.23. The zero-order chi connectivity index (χ0) is 22.6. The van der Waals surface area contributed by atoms with E-state index in [2.05, 4.69) is 32.8 Å². The van der Waals surface area contributed by atoms with Gasteiger partial charge in [-0.15, -0.1) is 11.3 Å². The number of amides is 1. The monoisotopic (exact) mass is 470 g/mol. The van der Waals surface area contributed by atoms with Crippen LogP contribution < -0.4 is 21.5 Å². The maximum atomic E-state index is 12.1. The summed E-state index contributed by atoms with van der Waals surface area (Å²) in [6, 6.07) is 5.93. The Morgan fingerprint density at radius 1 is 1.16 bits per heavy atom. The third kappa shape index (κ3) is 3.61. The van der Waals surface area contributed by atoms with Gasteiger partial charge in [0.2, 0.25) is 21.9 Å². The van der Waals surface area contributed by atoms with Gasteiger partial charge in [0.15, 0.2) is 0 Å². The minimum Gasteiger partial charge on any atom is -0.369 e. The molecule has 2 heterocycles. The molecule has 0 saturated heterocycles. The lowest BCUT2D eigenvalue weighted by atomic mass is 9.88. The standard InChI is InChI=1S/C21H22N6O3S2/c1-10-9-31-18-16(10)26-21(24-13-4-6-14(7-5-13)32(23,29)30)27-20(18)25-17-12-3-2-11(8-12)15(17)19(22)28/h2-7,9,11-12,15,17H,8H2,1H3,(H2,22,28)(H2,23,29,30)(H2,24,25,26,27). The topological polar surface area (TPSA) is 153 Å². The van der Waals surface area contributed by atoms with Crippen LogP contribution in [0.1, 0.15) is 12.0 Å². The van der Waals surface area contributed by atoms with Gasteiger partial charge in [-0.3, -0.25) is 4.79 Å². The molecular formula is C21H22N6O3S2. The number of benzene rings is 1. The first kappa shape index (κ1) is 20.9. The molecule has 32 heavy (non-hydrogen) atoms. The predicted octanol–water partition coefficient (Wildman–Crippen LogP) is 2.48. The lowest BCUT2D eigenvalue weighted by Crippen LogP contribution is -2.41. The average Bonchev–Trinajstić information content (AvgIpc) is 3.43. The van der Waals surface area contributed by atoms with Crippen LogP contribution >= 0.6 is 11.3 Å². The fourth-order valence-corrected chi connectivity index (χ4v) is 6.06. The van der Waals surface area contributed by atoms with Crippen LogP contribution in [0.15, 0.2) is 46.7 Å². The molecule has 1 saturated carbocycles. The van der Waals surface area contributed by atoms with E-state index in [1.165, 1.54) is 12.1 Å². The van der Waals surface area contributed by atoms with E-state index in [4.69, 9.17) is 10.9 Å². The zero-order valence-electron chi connectivity index (χ0n) is 17.1. The van der Waals surface area contributed by atoms with Gasteiger partial charge >= 0.3 is 0 Å². The van der Waals surface area contributed by atoms with Crippen LogP contribution in [0.5, 0.6) is 0 Å².